The average molecular weight is 366 g/mol. The zero-order valence-corrected chi connectivity index (χ0v) is 15.7. The van der Waals surface area contributed by atoms with Gasteiger partial charge in [-0.3, -0.25) is 4.79 Å². The molecule has 0 saturated carbocycles. The molecule has 0 atom stereocenters. The second kappa shape index (κ2) is 9.19. The SMILES string of the molecule is C=CCOc1ccc(C(=O)NCc2ccnc(N3CCN(C)CC3)c2)cc1. The van der Waals surface area contributed by atoms with Crippen molar-refractivity contribution in [2.45, 2.75) is 6.54 Å². The first-order valence-corrected chi connectivity index (χ1v) is 9.16. The van der Waals surface area contributed by atoms with Crippen molar-refractivity contribution in [1.29, 1.82) is 0 Å². The molecule has 1 amide bonds. The third kappa shape index (κ3) is 5.31. The first-order chi connectivity index (χ1) is 13.2. The van der Waals surface area contributed by atoms with Gasteiger partial charge in [-0.1, -0.05) is 12.7 Å². The van der Waals surface area contributed by atoms with Gasteiger partial charge >= 0.3 is 0 Å². The topological polar surface area (TPSA) is 57.7 Å². The molecule has 27 heavy (non-hydrogen) atoms. The van der Waals surface area contributed by atoms with Gasteiger partial charge in [-0.2, -0.15) is 0 Å². The lowest BCUT2D eigenvalue weighted by atomic mass is 10.2. The Labute approximate surface area is 160 Å². The number of nitrogens with one attached hydrogen (secondary N) is 1. The number of piperazine rings is 1. The van der Waals surface area contributed by atoms with Gasteiger partial charge in [0, 0.05) is 44.5 Å². The molecule has 1 fully saturated rings. The van der Waals surface area contributed by atoms with Crippen molar-refractivity contribution in [2.24, 2.45) is 0 Å². The Morgan fingerprint density at radius 3 is 2.67 bits per heavy atom. The zero-order valence-electron chi connectivity index (χ0n) is 15.7. The summed E-state index contributed by atoms with van der Waals surface area (Å²) < 4.78 is 5.43. The highest BCUT2D eigenvalue weighted by molar-refractivity contribution is 5.94. The summed E-state index contributed by atoms with van der Waals surface area (Å²) in [5.41, 5.74) is 1.65. The largest absolute Gasteiger partial charge is 0.490 e. The van der Waals surface area contributed by atoms with Crippen molar-refractivity contribution in [1.82, 2.24) is 15.2 Å². The molecule has 1 saturated heterocycles. The molecule has 1 aliphatic heterocycles. The Morgan fingerprint density at radius 1 is 1.22 bits per heavy atom. The number of rotatable bonds is 7. The van der Waals surface area contributed by atoms with Crippen LogP contribution in [0.4, 0.5) is 5.82 Å². The van der Waals surface area contributed by atoms with Crippen molar-refractivity contribution < 1.29 is 9.53 Å². The second-order valence-electron chi connectivity index (χ2n) is 6.62. The van der Waals surface area contributed by atoms with Crippen molar-refractivity contribution in [2.75, 3.05) is 44.7 Å². The minimum Gasteiger partial charge on any atom is -0.490 e. The highest BCUT2D eigenvalue weighted by Crippen LogP contribution is 2.15. The summed E-state index contributed by atoms with van der Waals surface area (Å²) in [6.45, 7) is 8.55. The van der Waals surface area contributed by atoms with Crippen LogP contribution in [0.5, 0.6) is 5.75 Å². The predicted molar refractivity (Wildman–Crippen MR) is 107 cm³/mol. The molecule has 1 aromatic heterocycles. The fourth-order valence-electron chi connectivity index (χ4n) is 2.92. The molecular formula is C21H26N4O2. The fraction of sp³-hybridized carbons (Fsp3) is 0.333. The number of nitrogens with zero attached hydrogens (tertiary/aromatic N) is 3. The zero-order chi connectivity index (χ0) is 19.1. The third-order valence-electron chi connectivity index (χ3n) is 4.57. The molecule has 6 heteroatoms. The lowest BCUT2D eigenvalue weighted by Gasteiger charge is -2.33. The van der Waals surface area contributed by atoms with Gasteiger partial charge in [0.15, 0.2) is 0 Å². The summed E-state index contributed by atoms with van der Waals surface area (Å²) >= 11 is 0. The first-order valence-electron chi connectivity index (χ1n) is 9.16. The van der Waals surface area contributed by atoms with E-state index in [1.54, 1.807) is 36.5 Å². The highest BCUT2D eigenvalue weighted by Gasteiger charge is 2.15. The van der Waals surface area contributed by atoms with Crippen LogP contribution in [0.1, 0.15) is 15.9 Å². The molecule has 1 aliphatic rings. The number of hydrogen-bond acceptors (Lipinski definition) is 5. The molecule has 1 aromatic carbocycles. The lowest BCUT2D eigenvalue weighted by Crippen LogP contribution is -2.44. The van der Waals surface area contributed by atoms with Crippen molar-refractivity contribution in [3.8, 4) is 5.75 Å². The van der Waals surface area contributed by atoms with Gasteiger partial charge in [-0.05, 0) is 49.0 Å². The summed E-state index contributed by atoms with van der Waals surface area (Å²) in [5, 5.41) is 2.96. The maximum absolute atomic E-state index is 12.4. The number of anilines is 1. The fourth-order valence-corrected chi connectivity index (χ4v) is 2.92. The van der Waals surface area contributed by atoms with Crippen LogP contribution in [-0.2, 0) is 6.54 Å². The van der Waals surface area contributed by atoms with Crippen LogP contribution in [0.2, 0.25) is 0 Å². The summed E-state index contributed by atoms with van der Waals surface area (Å²) in [6.07, 6.45) is 3.49. The van der Waals surface area contributed by atoms with E-state index in [0.717, 1.165) is 43.3 Å². The first kappa shape index (κ1) is 18.9. The second-order valence-corrected chi connectivity index (χ2v) is 6.62. The van der Waals surface area contributed by atoms with E-state index in [9.17, 15) is 4.79 Å². The van der Waals surface area contributed by atoms with E-state index in [0.29, 0.717) is 18.7 Å². The third-order valence-corrected chi connectivity index (χ3v) is 4.57. The number of aromatic nitrogens is 1. The van der Waals surface area contributed by atoms with E-state index < -0.39 is 0 Å². The monoisotopic (exact) mass is 366 g/mol. The van der Waals surface area contributed by atoms with Crippen LogP contribution in [0.15, 0.2) is 55.3 Å². The minimum absolute atomic E-state index is 0.108. The Balaban J connectivity index is 1.55. The maximum atomic E-state index is 12.4. The Morgan fingerprint density at radius 2 is 1.96 bits per heavy atom. The van der Waals surface area contributed by atoms with Crippen LogP contribution < -0.4 is 15.0 Å². The molecule has 2 aromatic rings. The van der Waals surface area contributed by atoms with Crippen molar-refractivity contribution >= 4 is 11.7 Å². The van der Waals surface area contributed by atoms with Crippen LogP contribution in [-0.4, -0.2) is 55.6 Å². The molecule has 0 bridgehead atoms. The Bertz CT molecular complexity index is 768. The number of likely N-dealkylation sites (N-methyl/N-ethyl adjacent to an activating group) is 1. The number of carbonyl (C=O) groups is 1. The van der Waals surface area contributed by atoms with E-state index in [-0.39, 0.29) is 5.91 Å². The molecule has 0 unspecified atom stereocenters. The average Bonchev–Trinajstić information content (AvgIpc) is 2.71. The number of amides is 1. The molecule has 1 N–H and O–H groups in total. The Kier molecular flexibility index (Phi) is 6.44. The number of hydrogen-bond donors (Lipinski definition) is 1. The van der Waals surface area contributed by atoms with Crippen molar-refractivity contribution in [3.05, 3.63) is 66.4 Å². The van der Waals surface area contributed by atoms with Crippen molar-refractivity contribution in [3.63, 3.8) is 0 Å². The molecule has 6 nitrogen and oxygen atoms in total. The molecule has 0 spiro atoms. The molecule has 3 rings (SSSR count). The van der Waals surface area contributed by atoms with Crippen LogP contribution in [0.3, 0.4) is 0 Å². The number of benzene rings is 1. The van der Waals surface area contributed by atoms with E-state index in [1.165, 1.54) is 0 Å². The summed E-state index contributed by atoms with van der Waals surface area (Å²) in [4.78, 5) is 21.4. The molecular weight excluding hydrogens is 340 g/mol. The van der Waals surface area contributed by atoms with Crippen LogP contribution >= 0.6 is 0 Å². The van der Waals surface area contributed by atoms with Crippen LogP contribution in [0.25, 0.3) is 0 Å². The van der Waals surface area contributed by atoms with Gasteiger partial charge in [0.05, 0.1) is 0 Å². The molecule has 0 aliphatic carbocycles. The predicted octanol–water partition coefficient (Wildman–Crippen LogP) is 2.33. The van der Waals surface area contributed by atoms with E-state index in [4.69, 9.17) is 4.74 Å². The van der Waals surface area contributed by atoms with E-state index in [2.05, 4.69) is 39.8 Å². The van der Waals surface area contributed by atoms with E-state index >= 15 is 0 Å². The van der Waals surface area contributed by atoms with Gasteiger partial charge in [0.2, 0.25) is 0 Å². The molecule has 2 heterocycles. The summed E-state index contributed by atoms with van der Waals surface area (Å²) in [7, 11) is 2.13. The van der Waals surface area contributed by atoms with Gasteiger partial charge in [-0.15, -0.1) is 0 Å². The highest BCUT2D eigenvalue weighted by atomic mass is 16.5. The maximum Gasteiger partial charge on any atom is 0.251 e. The quantitative estimate of drug-likeness (QED) is 0.762. The van der Waals surface area contributed by atoms with Gasteiger partial charge in [0.25, 0.3) is 5.91 Å². The molecule has 142 valence electrons. The Hall–Kier alpha value is -2.86. The standard InChI is InChI=1S/C21H26N4O2/c1-3-14-27-19-6-4-18(5-7-19)21(26)23-16-17-8-9-22-20(15-17)25-12-10-24(2)11-13-25/h3-9,15H,1,10-14,16H2,2H3,(H,23,26). The number of carbonyl (C=O) groups excluding carboxylic acids is 1. The van der Waals surface area contributed by atoms with E-state index in [1.807, 2.05) is 6.07 Å². The molecule has 0 radical (unpaired) electrons. The number of pyridine rings is 1. The number of ether oxygens (including phenoxy) is 1. The van der Waals surface area contributed by atoms with Gasteiger partial charge in [-0.25, -0.2) is 4.98 Å². The van der Waals surface area contributed by atoms with Gasteiger partial charge < -0.3 is 19.9 Å². The smallest absolute Gasteiger partial charge is 0.251 e. The van der Waals surface area contributed by atoms with Gasteiger partial charge in [0.1, 0.15) is 18.2 Å². The normalized spacial score (nSPS) is 14.6. The lowest BCUT2D eigenvalue weighted by molar-refractivity contribution is 0.0951. The van der Waals surface area contributed by atoms with Crippen LogP contribution in [0, 0.1) is 0 Å². The minimum atomic E-state index is -0.108. The summed E-state index contributed by atoms with van der Waals surface area (Å²) in [5.74, 6) is 1.58. The summed E-state index contributed by atoms with van der Waals surface area (Å²) in [6, 6.07) is 11.1.